The first-order valence-electron chi connectivity index (χ1n) is 4.60. The van der Waals surface area contributed by atoms with Gasteiger partial charge in [0.15, 0.2) is 0 Å². The summed E-state index contributed by atoms with van der Waals surface area (Å²) < 4.78 is 6.08. The van der Waals surface area contributed by atoms with Gasteiger partial charge in [-0.15, -0.1) is 0 Å². The topological polar surface area (TPSA) is 55.2 Å². The van der Waals surface area contributed by atoms with E-state index in [1.807, 2.05) is 0 Å². The van der Waals surface area contributed by atoms with E-state index in [0.29, 0.717) is 17.1 Å². The second-order valence-electron chi connectivity index (χ2n) is 3.04. The van der Waals surface area contributed by atoms with Gasteiger partial charge in [0, 0.05) is 6.07 Å². The van der Waals surface area contributed by atoms with Crippen molar-refractivity contribution >= 4 is 15.9 Å². The predicted octanol–water partition coefficient (Wildman–Crippen LogP) is 1.95. The number of aromatic nitrogens is 2. The van der Waals surface area contributed by atoms with Crippen LogP contribution in [0.25, 0.3) is 0 Å². The highest BCUT2D eigenvalue weighted by molar-refractivity contribution is 9.10. The Hall–Kier alpha value is -0.940. The first-order valence-corrected chi connectivity index (χ1v) is 5.39. The van der Waals surface area contributed by atoms with Crippen LogP contribution >= 0.6 is 15.9 Å². The molecule has 0 radical (unpaired) electrons. The van der Waals surface area contributed by atoms with Crippen LogP contribution in [0, 0.1) is 0 Å². The van der Waals surface area contributed by atoms with Crippen LogP contribution in [0.2, 0.25) is 0 Å². The lowest BCUT2D eigenvalue weighted by atomic mass is 10.2. The molecule has 0 aromatic carbocycles. The van der Waals surface area contributed by atoms with Crippen molar-refractivity contribution < 1.29 is 9.84 Å². The Bertz CT molecular complexity index is 331. The second kappa shape index (κ2) is 6.53. The molecule has 0 bridgehead atoms. The lowest BCUT2D eigenvalue weighted by molar-refractivity contribution is 0.289. The number of aliphatic hydroxyl groups is 1. The minimum Gasteiger partial charge on any atom is -0.478 e. The van der Waals surface area contributed by atoms with Crippen LogP contribution in [0.4, 0.5) is 0 Å². The average molecular weight is 273 g/mol. The highest BCUT2D eigenvalue weighted by atomic mass is 79.9. The van der Waals surface area contributed by atoms with Crippen molar-refractivity contribution in [3.8, 4) is 5.88 Å². The Balaban J connectivity index is 2.23. The third-order valence-electron chi connectivity index (χ3n) is 1.76. The molecule has 0 aliphatic rings. The van der Waals surface area contributed by atoms with Crippen LogP contribution in [0.1, 0.15) is 12.8 Å². The van der Waals surface area contributed by atoms with Crippen LogP contribution in [0.3, 0.4) is 0 Å². The standard InChI is InChI=1S/C10H13BrN2O2/c1-8(6-14)3-2-4-15-10-5-9(11)12-7-13-10/h5,7,14H,1-4,6H2. The fourth-order valence-corrected chi connectivity index (χ4v) is 1.26. The van der Waals surface area contributed by atoms with Gasteiger partial charge in [0.1, 0.15) is 10.9 Å². The highest BCUT2D eigenvalue weighted by Gasteiger charge is 1.97. The number of aliphatic hydroxyl groups excluding tert-OH is 1. The van der Waals surface area contributed by atoms with Crippen molar-refractivity contribution in [2.45, 2.75) is 12.8 Å². The van der Waals surface area contributed by atoms with Gasteiger partial charge in [-0.25, -0.2) is 9.97 Å². The zero-order chi connectivity index (χ0) is 11.1. The molecule has 0 aliphatic carbocycles. The van der Waals surface area contributed by atoms with Gasteiger partial charge < -0.3 is 9.84 Å². The summed E-state index contributed by atoms with van der Waals surface area (Å²) in [5, 5.41) is 8.72. The minimum atomic E-state index is 0.0407. The molecule has 5 heteroatoms. The number of hydrogen-bond donors (Lipinski definition) is 1. The molecule has 0 saturated heterocycles. The Morgan fingerprint density at radius 1 is 1.53 bits per heavy atom. The smallest absolute Gasteiger partial charge is 0.217 e. The fraction of sp³-hybridized carbons (Fsp3) is 0.400. The molecule has 0 amide bonds. The van der Waals surface area contributed by atoms with Crippen molar-refractivity contribution in [3.63, 3.8) is 0 Å². The summed E-state index contributed by atoms with van der Waals surface area (Å²) in [6.45, 7) is 4.29. The summed E-state index contributed by atoms with van der Waals surface area (Å²) in [5.74, 6) is 0.548. The molecule has 1 rings (SSSR count). The summed E-state index contributed by atoms with van der Waals surface area (Å²) in [4.78, 5) is 7.83. The molecule has 82 valence electrons. The van der Waals surface area contributed by atoms with E-state index in [2.05, 4.69) is 32.5 Å². The van der Waals surface area contributed by atoms with Gasteiger partial charge in [0.2, 0.25) is 5.88 Å². The van der Waals surface area contributed by atoms with Gasteiger partial charge in [0.25, 0.3) is 0 Å². The van der Waals surface area contributed by atoms with Crippen LogP contribution in [0.15, 0.2) is 29.1 Å². The number of ether oxygens (including phenoxy) is 1. The van der Waals surface area contributed by atoms with E-state index < -0.39 is 0 Å². The predicted molar refractivity (Wildman–Crippen MR) is 60.7 cm³/mol. The molecule has 0 atom stereocenters. The molecular weight excluding hydrogens is 260 g/mol. The Morgan fingerprint density at radius 3 is 3.00 bits per heavy atom. The maximum atomic E-state index is 8.72. The van der Waals surface area contributed by atoms with E-state index in [0.717, 1.165) is 18.4 Å². The number of halogens is 1. The summed E-state index contributed by atoms with van der Waals surface area (Å²) in [6.07, 6.45) is 3.02. The number of nitrogens with zero attached hydrogens (tertiary/aromatic N) is 2. The quantitative estimate of drug-likeness (QED) is 0.489. The Morgan fingerprint density at radius 2 is 2.33 bits per heavy atom. The van der Waals surface area contributed by atoms with Crippen LogP contribution in [-0.2, 0) is 0 Å². The van der Waals surface area contributed by atoms with E-state index in [1.54, 1.807) is 6.07 Å². The van der Waals surface area contributed by atoms with Crippen molar-refractivity contribution in [1.82, 2.24) is 9.97 Å². The van der Waals surface area contributed by atoms with Gasteiger partial charge in [-0.3, -0.25) is 0 Å². The maximum absolute atomic E-state index is 8.72. The Kier molecular flexibility index (Phi) is 5.28. The van der Waals surface area contributed by atoms with Gasteiger partial charge >= 0.3 is 0 Å². The molecule has 1 heterocycles. The summed E-state index contributed by atoms with van der Waals surface area (Å²) in [7, 11) is 0. The van der Waals surface area contributed by atoms with Crippen molar-refractivity contribution in [2.24, 2.45) is 0 Å². The van der Waals surface area contributed by atoms with Crippen LogP contribution in [-0.4, -0.2) is 28.3 Å². The molecule has 0 aliphatic heterocycles. The largest absolute Gasteiger partial charge is 0.478 e. The van der Waals surface area contributed by atoms with E-state index in [4.69, 9.17) is 9.84 Å². The fourth-order valence-electron chi connectivity index (χ4n) is 0.974. The van der Waals surface area contributed by atoms with Crippen molar-refractivity contribution in [3.05, 3.63) is 29.1 Å². The van der Waals surface area contributed by atoms with E-state index in [-0.39, 0.29) is 6.61 Å². The molecule has 0 fully saturated rings. The molecule has 1 N–H and O–H groups in total. The minimum absolute atomic E-state index is 0.0407. The van der Waals surface area contributed by atoms with E-state index in [1.165, 1.54) is 6.33 Å². The number of hydrogen-bond acceptors (Lipinski definition) is 4. The lowest BCUT2D eigenvalue weighted by Crippen LogP contribution is -2.00. The maximum Gasteiger partial charge on any atom is 0.217 e. The van der Waals surface area contributed by atoms with E-state index >= 15 is 0 Å². The highest BCUT2D eigenvalue weighted by Crippen LogP contribution is 2.12. The summed E-state index contributed by atoms with van der Waals surface area (Å²) in [5.41, 5.74) is 0.822. The van der Waals surface area contributed by atoms with Gasteiger partial charge in [0.05, 0.1) is 13.2 Å². The van der Waals surface area contributed by atoms with Crippen LogP contribution in [0.5, 0.6) is 5.88 Å². The molecule has 0 saturated carbocycles. The zero-order valence-corrected chi connectivity index (χ0v) is 9.90. The van der Waals surface area contributed by atoms with Gasteiger partial charge in [-0.1, -0.05) is 12.2 Å². The first-order chi connectivity index (χ1) is 7.22. The molecule has 1 aromatic heterocycles. The SMILES string of the molecule is C=C(CO)CCCOc1cc(Br)ncn1. The monoisotopic (exact) mass is 272 g/mol. The first kappa shape index (κ1) is 12.1. The van der Waals surface area contributed by atoms with Gasteiger partial charge in [-0.2, -0.15) is 0 Å². The second-order valence-corrected chi connectivity index (χ2v) is 3.85. The van der Waals surface area contributed by atoms with Crippen LogP contribution < -0.4 is 4.74 Å². The zero-order valence-electron chi connectivity index (χ0n) is 8.32. The Labute approximate surface area is 97.1 Å². The molecule has 0 spiro atoms. The normalized spacial score (nSPS) is 10.0. The molecular formula is C10H13BrN2O2. The summed E-state index contributed by atoms with van der Waals surface area (Å²) >= 11 is 3.23. The molecule has 15 heavy (non-hydrogen) atoms. The molecule has 4 nitrogen and oxygen atoms in total. The third-order valence-corrected chi connectivity index (χ3v) is 2.19. The van der Waals surface area contributed by atoms with Crippen molar-refractivity contribution in [1.29, 1.82) is 0 Å². The molecule has 1 aromatic rings. The van der Waals surface area contributed by atoms with E-state index in [9.17, 15) is 0 Å². The number of rotatable bonds is 6. The average Bonchev–Trinajstić information content (AvgIpc) is 2.24. The summed E-state index contributed by atoms with van der Waals surface area (Å²) in [6, 6.07) is 1.71. The van der Waals surface area contributed by atoms with Crippen molar-refractivity contribution in [2.75, 3.05) is 13.2 Å². The molecule has 0 unspecified atom stereocenters. The lowest BCUT2D eigenvalue weighted by Gasteiger charge is -2.05. The third kappa shape index (κ3) is 4.90. The van der Waals surface area contributed by atoms with Gasteiger partial charge in [-0.05, 0) is 28.8 Å².